The van der Waals surface area contributed by atoms with Crippen molar-refractivity contribution in [1.82, 2.24) is 57.0 Å². The van der Waals surface area contributed by atoms with Gasteiger partial charge in [-0.05, 0) is 74.4 Å². The Kier molecular flexibility index (Phi) is 27.0. The van der Waals surface area contributed by atoms with E-state index in [1.165, 1.54) is 29.2 Å². The van der Waals surface area contributed by atoms with Gasteiger partial charge in [0, 0.05) is 44.2 Å². The summed E-state index contributed by atoms with van der Waals surface area (Å²) in [5.41, 5.74) is 12.4. The summed E-state index contributed by atoms with van der Waals surface area (Å²) in [5.74, 6) is -13.5. The van der Waals surface area contributed by atoms with Crippen LogP contribution < -0.4 is 48.7 Å². The number of nitrogens with two attached hydrogens (primary N) is 2. The van der Waals surface area contributed by atoms with Crippen molar-refractivity contribution in [2.24, 2.45) is 23.3 Å². The first kappa shape index (κ1) is 68.3. The number of carboxylic acids is 3. The van der Waals surface area contributed by atoms with Crippen LogP contribution in [-0.4, -0.2) is 198 Å². The average molecular weight is 1200 g/mol. The van der Waals surface area contributed by atoms with Crippen LogP contribution in [0.3, 0.4) is 0 Å². The molecule has 29 nitrogen and oxygen atoms in total. The van der Waals surface area contributed by atoms with E-state index in [0.717, 1.165) is 4.90 Å². The fourth-order valence-electron chi connectivity index (χ4n) is 9.58. The molecule has 0 spiro atoms. The predicted molar refractivity (Wildman–Crippen MR) is 301 cm³/mol. The number of carbonyl (C=O) groups excluding carboxylic acids is 10. The number of carbonyl (C=O) groups is 13. The van der Waals surface area contributed by atoms with Crippen LogP contribution in [0.2, 0.25) is 0 Å². The zero-order valence-electron chi connectivity index (χ0n) is 47.6. The van der Waals surface area contributed by atoms with Crippen LogP contribution in [0.4, 0.5) is 0 Å². The number of aromatic nitrogens is 2. The first-order valence-corrected chi connectivity index (χ1v) is 29.0. The summed E-state index contributed by atoms with van der Waals surface area (Å²) in [6.07, 6.45) is 2.13. The number of thioether (sulfide) groups is 1. The Morgan fingerprint density at radius 3 is 1.64 bits per heavy atom. The molecule has 4 rings (SSSR count). The van der Waals surface area contributed by atoms with Crippen molar-refractivity contribution >= 4 is 88.7 Å². The quantitative estimate of drug-likeness (QED) is 0.0349. The standard InChI is InChI=1S/C54H79N13O16S/c1-28(2)21-34(61-46(74)33(17-20-84-5)60-50(78)40-14-10-19-67(40)53(81)44(56)29(3)4)47(75)59-32(15-16-41(55)68)45(73)62-36(24-42(69)70)49(77)64-37(22-30-11-7-6-8-12-30)52(80)66-18-9-13-39(66)51(79)63-35(23-31-26-57-27-58-31)48(76)65-38(54(82)83)25-43(71)72/h6-8,11-12,26-29,32-40,44H,9-10,13-25,56H2,1-5H3,(H2,55,68)(H,57,58)(H,59,75)(H,60,78)(H,61,74)(H,62,73)(H,63,79)(H,64,77)(H,65,76)(H,69,70)(H,71,72)(H,82,83)/t32-,33-,34-,35-,36-,37-,38-,39-,40-,44-/m0/s1. The van der Waals surface area contributed by atoms with Crippen molar-refractivity contribution in [1.29, 1.82) is 0 Å². The third kappa shape index (κ3) is 21.2. The molecular weight excluding hydrogens is 1120 g/mol. The van der Waals surface area contributed by atoms with Crippen LogP contribution in [0.15, 0.2) is 42.9 Å². The van der Waals surface area contributed by atoms with Gasteiger partial charge in [0.25, 0.3) is 0 Å². The molecule has 2 fully saturated rings. The Labute approximate surface area is 489 Å². The lowest BCUT2D eigenvalue weighted by Crippen LogP contribution is -2.61. The molecule has 0 bridgehead atoms. The Balaban J connectivity index is 1.58. The molecule has 10 atom stereocenters. The largest absolute Gasteiger partial charge is 0.481 e. The number of hydrogen-bond acceptors (Lipinski definition) is 16. The lowest BCUT2D eigenvalue weighted by atomic mass is 10.0. The Bertz CT molecular complexity index is 2660. The van der Waals surface area contributed by atoms with E-state index in [0.29, 0.717) is 36.4 Å². The molecule has 0 aliphatic carbocycles. The van der Waals surface area contributed by atoms with E-state index in [1.54, 1.807) is 64.3 Å². The summed E-state index contributed by atoms with van der Waals surface area (Å²) in [6.45, 7) is 7.31. The minimum atomic E-state index is -1.96. The number of nitrogens with one attached hydrogen (secondary N) is 8. The molecule has 2 aliphatic heterocycles. The van der Waals surface area contributed by atoms with Gasteiger partial charge in [0.05, 0.1) is 25.2 Å². The molecule has 2 saturated heterocycles. The average Bonchev–Trinajstić information content (AvgIpc) is 3.84. The van der Waals surface area contributed by atoms with Gasteiger partial charge in [0.1, 0.15) is 54.4 Å². The second-order valence-corrected chi connectivity index (χ2v) is 22.5. The maximum Gasteiger partial charge on any atom is 0.326 e. The number of likely N-dealkylation sites (tertiary alicyclic amines) is 2. The number of nitrogens with zero attached hydrogens (tertiary/aromatic N) is 3. The number of primary amides is 1. The Morgan fingerprint density at radius 2 is 1.12 bits per heavy atom. The second-order valence-electron chi connectivity index (χ2n) is 21.5. The molecule has 0 unspecified atom stereocenters. The molecular formula is C54H79N13O16S. The number of H-pyrrole nitrogens is 1. The van der Waals surface area contributed by atoms with E-state index in [9.17, 15) is 77.6 Å². The summed E-state index contributed by atoms with van der Waals surface area (Å²) in [6, 6.07) is -5.93. The lowest BCUT2D eigenvalue weighted by Gasteiger charge is -2.31. The van der Waals surface area contributed by atoms with Crippen LogP contribution in [0.1, 0.15) is 103 Å². The van der Waals surface area contributed by atoms with Gasteiger partial charge in [-0.15, -0.1) is 0 Å². The number of aromatic amines is 1. The van der Waals surface area contributed by atoms with E-state index < -0.39 is 163 Å². The van der Waals surface area contributed by atoms with E-state index in [1.807, 2.05) is 0 Å². The first-order valence-electron chi connectivity index (χ1n) is 27.6. The van der Waals surface area contributed by atoms with Crippen molar-refractivity contribution in [2.75, 3.05) is 25.1 Å². The molecule has 2 aromatic rings. The molecule has 0 radical (unpaired) electrons. The zero-order valence-corrected chi connectivity index (χ0v) is 48.4. The van der Waals surface area contributed by atoms with E-state index in [2.05, 4.69) is 47.2 Å². The Morgan fingerprint density at radius 1 is 0.631 bits per heavy atom. The fourth-order valence-corrected chi connectivity index (χ4v) is 10.0. The van der Waals surface area contributed by atoms with Gasteiger partial charge in [0.15, 0.2) is 0 Å². The molecule has 462 valence electrons. The second kappa shape index (κ2) is 33.2. The van der Waals surface area contributed by atoms with Gasteiger partial charge in [-0.1, -0.05) is 58.0 Å². The van der Waals surface area contributed by atoms with Gasteiger partial charge in [-0.2, -0.15) is 11.8 Å². The van der Waals surface area contributed by atoms with Crippen molar-refractivity contribution in [3.05, 3.63) is 54.1 Å². The maximum atomic E-state index is 14.7. The molecule has 30 heteroatoms. The summed E-state index contributed by atoms with van der Waals surface area (Å²) in [4.78, 5) is 183. The molecule has 1 aromatic heterocycles. The number of benzene rings is 1. The van der Waals surface area contributed by atoms with Crippen LogP contribution in [0, 0.1) is 11.8 Å². The summed E-state index contributed by atoms with van der Waals surface area (Å²) in [7, 11) is 0. The van der Waals surface area contributed by atoms with Gasteiger partial charge in [-0.3, -0.25) is 57.5 Å². The fraction of sp³-hybridized carbons (Fsp3) is 0.593. The monoisotopic (exact) mass is 1200 g/mol. The molecule has 84 heavy (non-hydrogen) atoms. The van der Waals surface area contributed by atoms with Crippen LogP contribution in [-0.2, 0) is 75.2 Å². The SMILES string of the molecule is CSCC[C@H](NC(=O)[C@@H]1CCCN1C(=O)[C@@H](N)C(C)C)C(=O)N[C@@H](CC(C)C)C(=O)N[C@@H](CCC(N)=O)C(=O)N[C@@H](CC(=O)O)C(=O)N[C@@H](Cc1ccccc1)C(=O)N1CCC[C@H]1C(=O)N[C@@H](Cc1cnc[nH]1)C(=O)N[C@@H](CC(=O)O)C(=O)O. The number of rotatable bonds is 34. The highest BCUT2D eigenvalue weighted by Crippen LogP contribution is 2.23. The molecule has 1 aromatic carbocycles. The molecule has 0 saturated carbocycles. The van der Waals surface area contributed by atoms with E-state index in [4.69, 9.17) is 11.5 Å². The summed E-state index contributed by atoms with van der Waals surface area (Å²) < 4.78 is 0. The van der Waals surface area contributed by atoms with Crippen molar-refractivity contribution < 1.29 is 77.6 Å². The number of amides is 10. The van der Waals surface area contributed by atoms with Crippen molar-refractivity contribution in [3.63, 3.8) is 0 Å². The number of carboxylic acid groups (broad SMARTS) is 3. The summed E-state index contributed by atoms with van der Waals surface area (Å²) in [5, 5.41) is 46.3. The van der Waals surface area contributed by atoms with Gasteiger partial charge < -0.3 is 78.8 Å². The zero-order chi connectivity index (χ0) is 62.4. The highest BCUT2D eigenvalue weighted by Gasteiger charge is 2.42. The minimum Gasteiger partial charge on any atom is -0.481 e. The lowest BCUT2D eigenvalue weighted by molar-refractivity contribution is -0.147. The molecule has 2 aliphatic rings. The maximum absolute atomic E-state index is 14.7. The van der Waals surface area contributed by atoms with E-state index in [-0.39, 0.29) is 56.9 Å². The first-order chi connectivity index (χ1) is 39.7. The molecule has 10 amide bonds. The van der Waals surface area contributed by atoms with E-state index >= 15 is 0 Å². The number of imidazole rings is 1. The minimum absolute atomic E-state index is 0.00770. The predicted octanol–water partition coefficient (Wildman–Crippen LogP) is -2.35. The van der Waals surface area contributed by atoms with Crippen LogP contribution >= 0.6 is 11.8 Å². The summed E-state index contributed by atoms with van der Waals surface area (Å²) >= 11 is 1.39. The van der Waals surface area contributed by atoms with Crippen molar-refractivity contribution in [3.8, 4) is 0 Å². The highest BCUT2D eigenvalue weighted by molar-refractivity contribution is 7.98. The van der Waals surface area contributed by atoms with Gasteiger partial charge in [0.2, 0.25) is 59.1 Å². The molecule has 15 N–H and O–H groups in total. The van der Waals surface area contributed by atoms with Crippen LogP contribution in [0.25, 0.3) is 0 Å². The highest BCUT2D eigenvalue weighted by atomic mass is 32.2. The topological polar surface area (TPSA) is 454 Å². The number of aliphatic carboxylic acids is 3. The smallest absolute Gasteiger partial charge is 0.326 e. The van der Waals surface area contributed by atoms with Crippen molar-refractivity contribution in [2.45, 2.75) is 165 Å². The third-order valence-corrected chi connectivity index (χ3v) is 14.7. The van der Waals surface area contributed by atoms with Crippen LogP contribution in [0.5, 0.6) is 0 Å². The molecule has 3 heterocycles. The normalized spacial score (nSPS) is 17.7. The number of hydrogen-bond donors (Lipinski definition) is 13. The third-order valence-electron chi connectivity index (χ3n) is 14.1. The van der Waals surface area contributed by atoms with Gasteiger partial charge in [-0.25, -0.2) is 9.78 Å². The Hall–Kier alpha value is -8.15. The van der Waals surface area contributed by atoms with Gasteiger partial charge >= 0.3 is 17.9 Å².